The first-order valence-electron chi connectivity index (χ1n) is 10.4. The van der Waals surface area contributed by atoms with E-state index in [0.717, 1.165) is 22.4 Å². The van der Waals surface area contributed by atoms with Crippen LogP contribution in [0.15, 0.2) is 96.0 Å². The van der Waals surface area contributed by atoms with Crippen molar-refractivity contribution in [3.63, 3.8) is 0 Å². The molecule has 0 aromatic heterocycles. The third-order valence-corrected chi connectivity index (χ3v) is 5.23. The zero-order valence-electron chi connectivity index (χ0n) is 17.2. The van der Waals surface area contributed by atoms with Gasteiger partial charge in [-0.1, -0.05) is 91.0 Å². The first-order chi connectivity index (χ1) is 15.2. The number of ether oxygens (including phenoxy) is 1. The summed E-state index contributed by atoms with van der Waals surface area (Å²) in [5, 5.41) is 0. The van der Waals surface area contributed by atoms with E-state index in [-0.39, 0.29) is 25.0 Å². The van der Waals surface area contributed by atoms with E-state index in [9.17, 15) is 9.59 Å². The number of imide groups is 1. The molecule has 0 spiro atoms. The number of carbonyl (C=O) groups excluding carboxylic acids is 2. The molecule has 0 bridgehead atoms. The number of rotatable bonds is 7. The molecule has 31 heavy (non-hydrogen) atoms. The lowest BCUT2D eigenvalue weighted by Crippen LogP contribution is -2.40. The Kier molecular flexibility index (Phi) is 6.53. The van der Waals surface area contributed by atoms with Crippen molar-refractivity contribution in [2.24, 2.45) is 4.99 Å². The van der Waals surface area contributed by atoms with E-state index >= 15 is 0 Å². The molecular formula is C26H24N2O3. The van der Waals surface area contributed by atoms with E-state index < -0.39 is 6.09 Å². The molecule has 0 radical (unpaired) electrons. The van der Waals surface area contributed by atoms with Gasteiger partial charge in [0.15, 0.2) is 0 Å². The quantitative estimate of drug-likeness (QED) is 0.537. The molecule has 3 aromatic carbocycles. The van der Waals surface area contributed by atoms with Crippen molar-refractivity contribution in [3.05, 3.63) is 108 Å². The molecule has 5 nitrogen and oxygen atoms in total. The largest absolute Gasteiger partial charge is 0.447 e. The molecule has 1 aliphatic rings. The Morgan fingerprint density at radius 2 is 1.42 bits per heavy atom. The molecule has 1 heterocycles. The summed E-state index contributed by atoms with van der Waals surface area (Å²) in [6.45, 7) is 0.516. The molecule has 1 fully saturated rings. The molecular weight excluding hydrogens is 388 g/mol. The number of benzene rings is 3. The maximum Gasteiger partial charge on any atom is 0.416 e. The Morgan fingerprint density at radius 3 is 2.00 bits per heavy atom. The molecule has 1 atom stereocenters. The topological polar surface area (TPSA) is 59.0 Å². The highest BCUT2D eigenvalue weighted by molar-refractivity contribution is 6.12. The van der Waals surface area contributed by atoms with E-state index in [4.69, 9.17) is 9.73 Å². The Bertz CT molecular complexity index is 1010. The average molecular weight is 412 g/mol. The van der Waals surface area contributed by atoms with Crippen LogP contribution in [0.1, 0.15) is 23.1 Å². The number of amides is 2. The minimum absolute atomic E-state index is 0.142. The van der Waals surface area contributed by atoms with Gasteiger partial charge in [-0.15, -0.1) is 0 Å². The lowest BCUT2D eigenvalue weighted by Gasteiger charge is -2.19. The van der Waals surface area contributed by atoms with Gasteiger partial charge in [-0.3, -0.25) is 9.79 Å². The number of cyclic esters (lactones) is 1. The molecule has 4 rings (SSSR count). The van der Waals surface area contributed by atoms with Crippen molar-refractivity contribution in [1.29, 1.82) is 0 Å². The van der Waals surface area contributed by atoms with Crippen molar-refractivity contribution in [1.82, 2.24) is 4.90 Å². The van der Waals surface area contributed by atoms with E-state index in [2.05, 4.69) is 0 Å². The molecule has 3 aromatic rings. The average Bonchev–Trinajstić information content (AvgIpc) is 3.18. The molecule has 1 saturated heterocycles. The van der Waals surface area contributed by atoms with Crippen LogP contribution in [0.3, 0.4) is 0 Å². The van der Waals surface area contributed by atoms with Gasteiger partial charge in [-0.2, -0.15) is 0 Å². The summed E-state index contributed by atoms with van der Waals surface area (Å²) >= 11 is 0. The SMILES string of the molecule is O=C(CCN=C(c1ccccc1)c1ccccc1)N1C(=O)OC[C@H]1Cc1ccccc1. The number of hydrogen-bond acceptors (Lipinski definition) is 4. The van der Waals surface area contributed by atoms with E-state index in [0.29, 0.717) is 13.0 Å². The van der Waals surface area contributed by atoms with Crippen LogP contribution >= 0.6 is 0 Å². The highest BCUT2D eigenvalue weighted by atomic mass is 16.6. The predicted molar refractivity (Wildman–Crippen MR) is 120 cm³/mol. The Balaban J connectivity index is 1.47. The van der Waals surface area contributed by atoms with Gasteiger partial charge >= 0.3 is 6.09 Å². The van der Waals surface area contributed by atoms with Crippen LogP contribution in [0.5, 0.6) is 0 Å². The van der Waals surface area contributed by atoms with Gasteiger partial charge < -0.3 is 4.74 Å². The van der Waals surface area contributed by atoms with Gasteiger partial charge in [-0.05, 0) is 12.0 Å². The summed E-state index contributed by atoms with van der Waals surface area (Å²) in [6.07, 6.45) is 0.158. The third kappa shape index (κ3) is 5.07. The van der Waals surface area contributed by atoms with Crippen LogP contribution in [0.2, 0.25) is 0 Å². The zero-order valence-corrected chi connectivity index (χ0v) is 17.2. The molecule has 2 amide bonds. The van der Waals surface area contributed by atoms with Crippen molar-refractivity contribution in [2.75, 3.05) is 13.2 Å². The van der Waals surface area contributed by atoms with Crippen molar-refractivity contribution in [3.8, 4) is 0 Å². The minimum atomic E-state index is -0.568. The first kappa shape index (κ1) is 20.5. The number of hydrogen-bond donors (Lipinski definition) is 0. The van der Waals surface area contributed by atoms with Gasteiger partial charge in [0.2, 0.25) is 5.91 Å². The maximum absolute atomic E-state index is 12.9. The van der Waals surface area contributed by atoms with Gasteiger partial charge in [0.25, 0.3) is 0 Å². The van der Waals surface area contributed by atoms with Crippen LogP contribution in [0.4, 0.5) is 4.79 Å². The van der Waals surface area contributed by atoms with E-state index in [1.807, 2.05) is 91.0 Å². The lowest BCUT2D eigenvalue weighted by molar-refractivity contribution is -0.128. The molecule has 156 valence electrons. The first-order valence-corrected chi connectivity index (χ1v) is 10.4. The van der Waals surface area contributed by atoms with Crippen LogP contribution in [0, 0.1) is 0 Å². The van der Waals surface area contributed by atoms with Crippen LogP contribution in [-0.4, -0.2) is 41.8 Å². The Hall–Kier alpha value is -3.73. The highest BCUT2D eigenvalue weighted by Gasteiger charge is 2.37. The molecule has 1 aliphatic heterocycles. The van der Waals surface area contributed by atoms with Crippen LogP contribution in [-0.2, 0) is 16.0 Å². The normalized spacial score (nSPS) is 15.4. The van der Waals surface area contributed by atoms with E-state index in [1.165, 1.54) is 4.90 Å². The van der Waals surface area contributed by atoms with Crippen LogP contribution < -0.4 is 0 Å². The summed E-state index contributed by atoms with van der Waals surface area (Å²) in [5.74, 6) is -0.257. The second kappa shape index (κ2) is 9.85. The molecule has 0 N–H and O–H groups in total. The summed E-state index contributed by atoms with van der Waals surface area (Å²) in [4.78, 5) is 31.1. The summed E-state index contributed by atoms with van der Waals surface area (Å²) in [7, 11) is 0. The standard InChI is InChI=1S/C26H24N2O3/c29-24(28-23(19-31-26(28)30)18-20-10-4-1-5-11-20)16-17-27-25(21-12-6-2-7-13-21)22-14-8-3-9-15-22/h1-15,23H,16-19H2/t23-/m1/s1. The Morgan fingerprint density at radius 1 is 0.871 bits per heavy atom. The van der Waals surface area contributed by atoms with Crippen molar-refractivity contribution >= 4 is 17.7 Å². The summed E-state index contributed by atoms with van der Waals surface area (Å²) in [6, 6.07) is 29.3. The second-order valence-corrected chi connectivity index (χ2v) is 7.40. The van der Waals surface area contributed by atoms with Crippen LogP contribution in [0.25, 0.3) is 0 Å². The van der Waals surface area contributed by atoms with Crippen molar-refractivity contribution in [2.45, 2.75) is 18.9 Å². The van der Waals surface area contributed by atoms with Gasteiger partial charge in [-0.25, -0.2) is 9.69 Å². The fourth-order valence-electron chi connectivity index (χ4n) is 3.73. The van der Waals surface area contributed by atoms with Gasteiger partial charge in [0.1, 0.15) is 6.61 Å². The smallest absolute Gasteiger partial charge is 0.416 e. The van der Waals surface area contributed by atoms with Gasteiger partial charge in [0, 0.05) is 24.1 Å². The third-order valence-electron chi connectivity index (χ3n) is 5.23. The lowest BCUT2D eigenvalue weighted by atomic mass is 10.0. The van der Waals surface area contributed by atoms with Crippen molar-refractivity contribution < 1.29 is 14.3 Å². The maximum atomic E-state index is 12.9. The molecule has 0 aliphatic carbocycles. The fourth-order valence-corrected chi connectivity index (χ4v) is 3.73. The second-order valence-electron chi connectivity index (χ2n) is 7.40. The van der Waals surface area contributed by atoms with E-state index in [1.54, 1.807) is 0 Å². The zero-order chi connectivity index (χ0) is 21.5. The predicted octanol–water partition coefficient (Wildman–Crippen LogP) is 4.50. The molecule has 0 saturated carbocycles. The monoisotopic (exact) mass is 412 g/mol. The minimum Gasteiger partial charge on any atom is -0.447 e. The molecule has 0 unspecified atom stereocenters. The number of carbonyl (C=O) groups is 2. The summed E-state index contributed by atoms with van der Waals surface area (Å²) < 4.78 is 5.17. The highest BCUT2D eigenvalue weighted by Crippen LogP contribution is 2.19. The molecule has 5 heteroatoms. The van der Waals surface area contributed by atoms with Gasteiger partial charge in [0.05, 0.1) is 11.8 Å². The number of aliphatic imine (C=N–C) groups is 1. The summed E-state index contributed by atoms with van der Waals surface area (Å²) in [5.41, 5.74) is 3.88. The number of nitrogens with zero attached hydrogens (tertiary/aromatic N) is 2. The Labute approximate surface area is 182 Å². The fraction of sp³-hybridized carbons (Fsp3) is 0.192.